The van der Waals surface area contributed by atoms with Crippen LogP contribution < -0.4 is 0 Å². The summed E-state index contributed by atoms with van der Waals surface area (Å²) in [7, 11) is 0. The van der Waals surface area contributed by atoms with Crippen LogP contribution >= 0.6 is 0 Å². The van der Waals surface area contributed by atoms with Gasteiger partial charge in [0, 0.05) is 6.42 Å². The molecule has 0 aliphatic heterocycles. The number of hydrogen-bond donors (Lipinski definition) is 0. The molecule has 2 nitrogen and oxygen atoms in total. The lowest BCUT2D eigenvalue weighted by Crippen LogP contribution is -2.29. The highest BCUT2D eigenvalue weighted by Gasteiger charge is 2.21. The first-order chi connectivity index (χ1) is 5.37. The zero-order valence-corrected chi connectivity index (χ0v) is 8.89. The molecule has 1 atom stereocenters. The van der Waals surface area contributed by atoms with Crippen molar-refractivity contribution in [2.75, 3.05) is 0 Å². The number of ether oxygens (including phenoxy) is 1. The van der Waals surface area contributed by atoms with Crippen LogP contribution in [0, 0.1) is 5.92 Å². The number of hydrogen-bond acceptors (Lipinski definition) is 1. The van der Waals surface area contributed by atoms with E-state index in [1.165, 1.54) is 0 Å². The average Bonchev–Trinajstić information content (AvgIpc) is 1.84. The van der Waals surface area contributed by atoms with Crippen LogP contribution in [0.3, 0.4) is 0 Å². The van der Waals surface area contributed by atoms with Crippen LogP contribution in [0.15, 0.2) is 0 Å². The summed E-state index contributed by atoms with van der Waals surface area (Å²) in [5.74, 6) is 0.417. The van der Waals surface area contributed by atoms with E-state index < -0.39 is 6.29 Å². The van der Waals surface area contributed by atoms with Gasteiger partial charge in [0.05, 0.1) is 5.60 Å². The monoisotopic (exact) mass is 173 g/mol. The molecule has 0 bridgehead atoms. The van der Waals surface area contributed by atoms with Gasteiger partial charge in [-0.2, -0.15) is 0 Å². The van der Waals surface area contributed by atoms with Crippen molar-refractivity contribution in [1.29, 1.82) is 0 Å². The second kappa shape index (κ2) is 4.83. The highest BCUT2D eigenvalue weighted by molar-refractivity contribution is 4.66. The largest absolute Gasteiger partial charge is 0.344 e. The molecule has 73 valence electrons. The minimum Gasteiger partial charge on any atom is -0.344 e. The van der Waals surface area contributed by atoms with Crippen molar-refractivity contribution in [3.05, 3.63) is 0 Å². The SMILES string of the molecule is CCC(C)(C)OC([O])CC(C)C. The smallest absolute Gasteiger partial charge is 0.192 e. The van der Waals surface area contributed by atoms with Crippen LogP contribution in [-0.2, 0) is 9.84 Å². The summed E-state index contributed by atoms with van der Waals surface area (Å²) < 4.78 is 5.34. The van der Waals surface area contributed by atoms with Gasteiger partial charge >= 0.3 is 0 Å². The fourth-order valence-electron chi connectivity index (χ4n) is 0.872. The van der Waals surface area contributed by atoms with Crippen molar-refractivity contribution in [2.45, 2.75) is 59.4 Å². The zero-order valence-electron chi connectivity index (χ0n) is 8.89. The third-order valence-electron chi connectivity index (χ3n) is 1.97. The standard InChI is InChI=1S/C10H21O2/c1-6-10(4,5)12-9(11)7-8(2)3/h8-9H,6-7H2,1-5H3. The fraction of sp³-hybridized carbons (Fsp3) is 1.00. The van der Waals surface area contributed by atoms with Gasteiger partial charge in [0.15, 0.2) is 6.29 Å². The summed E-state index contributed by atoms with van der Waals surface area (Å²) in [6, 6.07) is 0. The predicted molar refractivity (Wildman–Crippen MR) is 49.4 cm³/mol. The van der Waals surface area contributed by atoms with Crippen LogP contribution in [0.4, 0.5) is 0 Å². The van der Waals surface area contributed by atoms with E-state index in [4.69, 9.17) is 4.74 Å². The third kappa shape index (κ3) is 5.56. The first-order valence-electron chi connectivity index (χ1n) is 4.71. The summed E-state index contributed by atoms with van der Waals surface area (Å²) in [5, 5.41) is 11.3. The summed E-state index contributed by atoms with van der Waals surface area (Å²) >= 11 is 0. The van der Waals surface area contributed by atoms with Crippen molar-refractivity contribution in [2.24, 2.45) is 5.92 Å². The van der Waals surface area contributed by atoms with Gasteiger partial charge in [-0.05, 0) is 26.2 Å². The zero-order chi connectivity index (χ0) is 9.78. The maximum atomic E-state index is 11.3. The molecule has 0 amide bonds. The first-order valence-corrected chi connectivity index (χ1v) is 4.71. The average molecular weight is 173 g/mol. The van der Waals surface area contributed by atoms with Crippen molar-refractivity contribution >= 4 is 0 Å². The van der Waals surface area contributed by atoms with Gasteiger partial charge in [-0.15, -0.1) is 0 Å². The van der Waals surface area contributed by atoms with E-state index in [-0.39, 0.29) is 5.60 Å². The second-order valence-electron chi connectivity index (χ2n) is 4.29. The molecule has 0 spiro atoms. The van der Waals surface area contributed by atoms with Crippen molar-refractivity contribution < 1.29 is 9.84 Å². The Labute approximate surface area is 75.9 Å². The summed E-state index contributed by atoms with van der Waals surface area (Å²) in [5.41, 5.74) is -0.263. The minimum atomic E-state index is -0.861. The molecule has 12 heavy (non-hydrogen) atoms. The molecule has 0 aromatic heterocycles. The van der Waals surface area contributed by atoms with Gasteiger partial charge in [0.1, 0.15) is 0 Å². The van der Waals surface area contributed by atoms with E-state index in [1.807, 2.05) is 34.6 Å². The third-order valence-corrected chi connectivity index (χ3v) is 1.97. The second-order valence-corrected chi connectivity index (χ2v) is 4.29. The maximum Gasteiger partial charge on any atom is 0.192 e. The Hall–Kier alpha value is -0.0800. The summed E-state index contributed by atoms with van der Waals surface area (Å²) in [4.78, 5) is 0. The van der Waals surface area contributed by atoms with E-state index in [0.717, 1.165) is 6.42 Å². The summed E-state index contributed by atoms with van der Waals surface area (Å²) in [6.45, 7) is 10.0. The van der Waals surface area contributed by atoms with Crippen LogP contribution in [-0.4, -0.2) is 11.9 Å². The predicted octanol–water partition coefficient (Wildman–Crippen LogP) is 2.99. The molecule has 0 fully saturated rings. The van der Waals surface area contributed by atoms with Crippen molar-refractivity contribution in [3.8, 4) is 0 Å². The fourth-order valence-corrected chi connectivity index (χ4v) is 0.872. The van der Waals surface area contributed by atoms with E-state index in [9.17, 15) is 5.11 Å². The maximum absolute atomic E-state index is 11.3. The van der Waals surface area contributed by atoms with Crippen LogP contribution in [0.25, 0.3) is 0 Å². The molecule has 0 saturated heterocycles. The van der Waals surface area contributed by atoms with Crippen LogP contribution in [0.2, 0.25) is 0 Å². The molecular formula is C10H21O2. The highest BCUT2D eigenvalue weighted by Crippen LogP contribution is 2.18. The Bertz CT molecular complexity index is 119. The molecule has 0 saturated carbocycles. The van der Waals surface area contributed by atoms with Gasteiger partial charge in [-0.1, -0.05) is 20.8 Å². The van der Waals surface area contributed by atoms with E-state index in [2.05, 4.69) is 0 Å². The Kier molecular flexibility index (Phi) is 4.80. The molecule has 0 aromatic rings. The molecule has 2 heteroatoms. The lowest BCUT2D eigenvalue weighted by atomic mass is 10.1. The molecular weight excluding hydrogens is 152 g/mol. The van der Waals surface area contributed by atoms with E-state index in [0.29, 0.717) is 12.3 Å². The van der Waals surface area contributed by atoms with Gasteiger partial charge in [0.25, 0.3) is 0 Å². The van der Waals surface area contributed by atoms with Gasteiger partial charge in [-0.3, -0.25) is 0 Å². The molecule has 1 radical (unpaired) electrons. The summed E-state index contributed by atoms with van der Waals surface area (Å²) in [6.07, 6.45) is 0.618. The quantitative estimate of drug-likeness (QED) is 0.587. The van der Waals surface area contributed by atoms with Crippen LogP contribution in [0.1, 0.15) is 47.5 Å². The molecule has 0 aliphatic carbocycles. The number of rotatable bonds is 5. The molecule has 0 heterocycles. The molecule has 0 N–H and O–H groups in total. The van der Waals surface area contributed by atoms with Gasteiger partial charge < -0.3 is 4.74 Å². The highest BCUT2D eigenvalue weighted by atomic mass is 16.6. The van der Waals surface area contributed by atoms with Crippen LogP contribution in [0.5, 0.6) is 0 Å². The molecule has 0 rings (SSSR count). The first kappa shape index (κ1) is 11.9. The Balaban J connectivity index is 3.75. The van der Waals surface area contributed by atoms with Crippen molar-refractivity contribution in [1.82, 2.24) is 0 Å². The Morgan fingerprint density at radius 3 is 2.17 bits per heavy atom. The van der Waals surface area contributed by atoms with E-state index >= 15 is 0 Å². The van der Waals surface area contributed by atoms with Gasteiger partial charge in [-0.25, -0.2) is 5.11 Å². The lowest BCUT2D eigenvalue weighted by molar-refractivity contribution is -0.208. The van der Waals surface area contributed by atoms with Gasteiger partial charge in [0.2, 0.25) is 0 Å². The molecule has 1 unspecified atom stereocenters. The lowest BCUT2D eigenvalue weighted by Gasteiger charge is -2.26. The topological polar surface area (TPSA) is 29.1 Å². The van der Waals surface area contributed by atoms with Crippen molar-refractivity contribution in [3.63, 3.8) is 0 Å². The minimum absolute atomic E-state index is 0.263. The molecule has 0 aliphatic rings. The molecule has 0 aromatic carbocycles. The Morgan fingerprint density at radius 1 is 1.33 bits per heavy atom. The Morgan fingerprint density at radius 2 is 1.83 bits per heavy atom. The normalized spacial score (nSPS) is 15.2. The van der Waals surface area contributed by atoms with E-state index in [1.54, 1.807) is 0 Å².